The van der Waals surface area contributed by atoms with Gasteiger partial charge in [-0.15, -0.1) is 0 Å². The van der Waals surface area contributed by atoms with Gasteiger partial charge in [0, 0.05) is 18.7 Å². The normalized spacial score (nSPS) is 17.2. The zero-order valence-corrected chi connectivity index (χ0v) is 21.6. The average Bonchev–Trinajstić information content (AvgIpc) is 2.85. The zero-order valence-electron chi connectivity index (χ0n) is 21.6. The van der Waals surface area contributed by atoms with Crippen molar-refractivity contribution in [2.75, 3.05) is 34.4 Å². The monoisotopic (exact) mass is 498 g/mol. The molecule has 3 N–H and O–H groups in total. The lowest BCUT2D eigenvalue weighted by atomic mass is 9.87. The summed E-state index contributed by atoms with van der Waals surface area (Å²) in [7, 11) is 5.64. The molecule has 8 nitrogen and oxygen atoms in total. The number of ether oxygens (including phenoxy) is 2. The van der Waals surface area contributed by atoms with E-state index in [1.165, 1.54) is 25.0 Å². The molecule has 0 radical (unpaired) electrons. The second-order valence-corrected chi connectivity index (χ2v) is 9.18. The van der Waals surface area contributed by atoms with Gasteiger partial charge in [-0.05, 0) is 81.6 Å². The Morgan fingerprint density at radius 2 is 1.78 bits per heavy atom. The summed E-state index contributed by atoms with van der Waals surface area (Å²) in [5, 5.41) is 20.4. The molecule has 2 aromatic rings. The van der Waals surface area contributed by atoms with Crippen LogP contribution >= 0.6 is 0 Å². The van der Waals surface area contributed by atoms with Gasteiger partial charge in [-0.3, -0.25) is 4.79 Å². The molecule has 1 aliphatic rings. The van der Waals surface area contributed by atoms with Crippen LogP contribution in [0.5, 0.6) is 17.2 Å². The molecule has 2 aromatic carbocycles. The van der Waals surface area contributed by atoms with E-state index in [-0.39, 0.29) is 17.2 Å². The molecule has 1 amide bonds. The molecule has 1 saturated carbocycles. The summed E-state index contributed by atoms with van der Waals surface area (Å²) in [4.78, 5) is 24.5. The Morgan fingerprint density at radius 3 is 2.36 bits per heavy atom. The number of nitrogens with one attached hydrogen (secondary N) is 1. The Labute approximate surface area is 213 Å². The number of carboxylic acid groups (broad SMARTS) is 1. The van der Waals surface area contributed by atoms with E-state index in [0.29, 0.717) is 24.1 Å². The predicted octanol–water partition coefficient (Wildman–Crippen LogP) is 4.43. The van der Waals surface area contributed by atoms with Crippen LogP contribution in [0.1, 0.15) is 48.5 Å². The molecular weight excluding hydrogens is 460 g/mol. The van der Waals surface area contributed by atoms with Crippen molar-refractivity contribution in [2.45, 2.75) is 38.6 Å². The standard InChI is InChI=1S/C21H32N2O3.C7H6O3/c1-16-5-9-18(10-6-16)22-21(24)12-8-17-7-11-19(20(15-17)25-4)26-14-13-23(2)3;8-6-4-2-1-3-5(6)7(9)10/h7-8,11-12,15-16,18H,5-6,9-10,13-14H2,1-4H3,(H,22,24);1-4,8H,(H,9,10)/b12-8+;. The van der Waals surface area contributed by atoms with Crippen molar-refractivity contribution in [3.63, 3.8) is 0 Å². The summed E-state index contributed by atoms with van der Waals surface area (Å²) >= 11 is 0. The second-order valence-electron chi connectivity index (χ2n) is 9.18. The molecule has 0 spiro atoms. The van der Waals surface area contributed by atoms with Crippen LogP contribution in [0.15, 0.2) is 48.5 Å². The van der Waals surface area contributed by atoms with Crippen LogP contribution in [0.4, 0.5) is 0 Å². The fourth-order valence-electron chi connectivity index (χ4n) is 3.73. The van der Waals surface area contributed by atoms with Crippen molar-refractivity contribution >= 4 is 18.0 Å². The van der Waals surface area contributed by atoms with Crippen LogP contribution in [0.2, 0.25) is 0 Å². The van der Waals surface area contributed by atoms with Gasteiger partial charge in [0.2, 0.25) is 5.91 Å². The third-order valence-electron chi connectivity index (χ3n) is 5.91. The lowest BCUT2D eigenvalue weighted by Crippen LogP contribution is -2.36. The number of amides is 1. The molecule has 0 saturated heterocycles. The van der Waals surface area contributed by atoms with E-state index < -0.39 is 5.97 Å². The number of nitrogens with zero attached hydrogens (tertiary/aromatic N) is 1. The molecule has 0 heterocycles. The maximum absolute atomic E-state index is 12.1. The minimum atomic E-state index is -1.11. The van der Waals surface area contributed by atoms with Crippen LogP contribution in [0.25, 0.3) is 6.08 Å². The van der Waals surface area contributed by atoms with Gasteiger partial charge in [0.1, 0.15) is 17.9 Å². The molecule has 0 aromatic heterocycles. The van der Waals surface area contributed by atoms with E-state index >= 15 is 0 Å². The molecule has 196 valence electrons. The van der Waals surface area contributed by atoms with E-state index in [4.69, 9.17) is 19.7 Å². The number of rotatable bonds is 9. The minimum Gasteiger partial charge on any atom is -0.507 e. The molecule has 0 unspecified atom stereocenters. The lowest BCUT2D eigenvalue weighted by Gasteiger charge is -2.26. The van der Waals surface area contributed by atoms with Crippen LogP contribution in [-0.4, -0.2) is 67.4 Å². The van der Waals surface area contributed by atoms with Gasteiger partial charge in [0.05, 0.1) is 7.11 Å². The molecule has 0 atom stereocenters. The summed E-state index contributed by atoms with van der Waals surface area (Å²) in [5.74, 6) is 0.826. The first-order valence-electron chi connectivity index (χ1n) is 12.1. The number of benzene rings is 2. The Bertz CT molecular complexity index is 1010. The van der Waals surface area contributed by atoms with Crippen LogP contribution in [0.3, 0.4) is 0 Å². The SMILES string of the molecule is COc1cc(/C=C/C(=O)NC2CCC(C)CC2)ccc1OCCN(C)C.O=C(O)c1ccccc1O. The number of hydrogen-bond donors (Lipinski definition) is 3. The molecule has 1 fully saturated rings. The zero-order chi connectivity index (χ0) is 26.5. The minimum absolute atomic E-state index is 0.0326. The highest BCUT2D eigenvalue weighted by atomic mass is 16.5. The quantitative estimate of drug-likeness (QED) is 0.439. The highest BCUT2D eigenvalue weighted by Crippen LogP contribution is 2.28. The van der Waals surface area contributed by atoms with E-state index in [0.717, 1.165) is 30.9 Å². The molecule has 0 bridgehead atoms. The Kier molecular flexibility index (Phi) is 11.8. The fourth-order valence-corrected chi connectivity index (χ4v) is 3.73. The fraction of sp³-hybridized carbons (Fsp3) is 0.429. The van der Waals surface area contributed by atoms with Gasteiger partial charge in [0.15, 0.2) is 11.5 Å². The summed E-state index contributed by atoms with van der Waals surface area (Å²) < 4.78 is 11.2. The van der Waals surface area contributed by atoms with Crippen LogP contribution in [0, 0.1) is 5.92 Å². The number of para-hydroxylation sites is 1. The van der Waals surface area contributed by atoms with E-state index in [9.17, 15) is 9.59 Å². The summed E-state index contributed by atoms with van der Waals surface area (Å²) in [5.41, 5.74) is 0.844. The molecule has 3 rings (SSSR count). The van der Waals surface area contributed by atoms with Crippen LogP contribution in [-0.2, 0) is 4.79 Å². The first-order valence-corrected chi connectivity index (χ1v) is 12.1. The van der Waals surface area contributed by atoms with Crippen molar-refractivity contribution < 1.29 is 29.3 Å². The van der Waals surface area contributed by atoms with E-state index in [1.54, 1.807) is 25.3 Å². The van der Waals surface area contributed by atoms with Gasteiger partial charge in [-0.1, -0.05) is 25.1 Å². The number of carbonyl (C=O) groups excluding carboxylic acids is 1. The number of carbonyl (C=O) groups is 2. The van der Waals surface area contributed by atoms with Gasteiger partial charge in [0.25, 0.3) is 0 Å². The third kappa shape index (κ3) is 10.00. The highest BCUT2D eigenvalue weighted by molar-refractivity contribution is 5.92. The largest absolute Gasteiger partial charge is 0.507 e. The molecule has 8 heteroatoms. The highest BCUT2D eigenvalue weighted by Gasteiger charge is 2.18. The maximum atomic E-state index is 12.1. The topological polar surface area (TPSA) is 108 Å². The summed E-state index contributed by atoms with van der Waals surface area (Å²) in [6, 6.07) is 11.8. The number of methoxy groups -OCH3 is 1. The number of phenols is 1. The van der Waals surface area contributed by atoms with E-state index in [1.807, 2.05) is 38.4 Å². The Balaban J connectivity index is 0.000000380. The van der Waals surface area contributed by atoms with Gasteiger partial charge in [-0.2, -0.15) is 0 Å². The smallest absolute Gasteiger partial charge is 0.339 e. The second kappa shape index (κ2) is 14.8. The number of likely N-dealkylation sites (N-methyl/N-ethyl adjacent to an activating group) is 1. The molecule has 36 heavy (non-hydrogen) atoms. The summed E-state index contributed by atoms with van der Waals surface area (Å²) in [6.07, 6.45) is 7.95. The molecule has 1 aliphatic carbocycles. The first kappa shape index (κ1) is 28.7. The Hall–Kier alpha value is -3.52. The van der Waals surface area contributed by atoms with Crippen molar-refractivity contribution in [1.29, 1.82) is 0 Å². The van der Waals surface area contributed by atoms with Crippen molar-refractivity contribution in [2.24, 2.45) is 5.92 Å². The average molecular weight is 499 g/mol. The van der Waals surface area contributed by atoms with Crippen LogP contribution < -0.4 is 14.8 Å². The summed E-state index contributed by atoms with van der Waals surface area (Å²) in [6.45, 7) is 3.71. The van der Waals surface area contributed by atoms with E-state index in [2.05, 4.69) is 17.1 Å². The van der Waals surface area contributed by atoms with Gasteiger partial charge >= 0.3 is 5.97 Å². The molecule has 0 aliphatic heterocycles. The van der Waals surface area contributed by atoms with Crippen molar-refractivity contribution in [3.05, 3.63) is 59.7 Å². The lowest BCUT2D eigenvalue weighted by molar-refractivity contribution is -0.117. The number of aromatic hydroxyl groups is 1. The van der Waals surface area contributed by atoms with Gasteiger partial charge in [-0.25, -0.2) is 4.79 Å². The van der Waals surface area contributed by atoms with Crippen molar-refractivity contribution in [1.82, 2.24) is 10.2 Å². The number of aromatic carboxylic acids is 1. The first-order chi connectivity index (χ1) is 17.2. The number of carboxylic acids is 1. The molecular formula is C28H38N2O6. The third-order valence-corrected chi connectivity index (χ3v) is 5.91. The Morgan fingerprint density at radius 1 is 1.08 bits per heavy atom. The van der Waals surface area contributed by atoms with Gasteiger partial charge < -0.3 is 29.9 Å². The maximum Gasteiger partial charge on any atom is 0.339 e. The number of hydrogen-bond acceptors (Lipinski definition) is 6. The predicted molar refractivity (Wildman–Crippen MR) is 141 cm³/mol. The van der Waals surface area contributed by atoms with Crippen molar-refractivity contribution in [3.8, 4) is 17.2 Å².